The minimum absolute atomic E-state index is 0.0278. The summed E-state index contributed by atoms with van der Waals surface area (Å²) in [5.74, 6) is 0. The van der Waals surface area contributed by atoms with Crippen LogP contribution in [0.25, 0.3) is 0 Å². The monoisotopic (exact) mass is 139 g/mol. The Balaban J connectivity index is 2.82. The van der Waals surface area contributed by atoms with Crippen LogP contribution in [0.15, 0.2) is 18.3 Å². The van der Waals surface area contributed by atoms with Gasteiger partial charge in [-0.15, -0.1) is 0 Å². The predicted molar refractivity (Wildman–Crippen MR) is 41.4 cm³/mol. The van der Waals surface area contributed by atoms with Crippen molar-refractivity contribution in [1.82, 2.24) is 4.57 Å². The largest absolute Gasteiger partial charge is 0.353 e. The number of nitrogens with zero attached hydrogens (tertiary/aromatic N) is 1. The van der Waals surface area contributed by atoms with Gasteiger partial charge in [-0.2, -0.15) is 0 Å². The van der Waals surface area contributed by atoms with Gasteiger partial charge in [0.25, 0.3) is 0 Å². The van der Waals surface area contributed by atoms with E-state index in [4.69, 9.17) is 11.5 Å². The van der Waals surface area contributed by atoms with Crippen LogP contribution < -0.4 is 11.5 Å². The highest BCUT2D eigenvalue weighted by Gasteiger charge is 2.04. The Morgan fingerprint density at radius 1 is 1.70 bits per heavy atom. The number of nitrogens with two attached hydrogens (primary N) is 2. The fraction of sp³-hybridized carbons (Fsp3) is 0.429. The van der Waals surface area contributed by atoms with E-state index >= 15 is 0 Å². The van der Waals surface area contributed by atoms with E-state index in [1.54, 1.807) is 0 Å². The molecule has 10 heavy (non-hydrogen) atoms. The summed E-state index contributed by atoms with van der Waals surface area (Å²) in [5.41, 5.74) is 12.2. The molecule has 0 saturated carbocycles. The summed E-state index contributed by atoms with van der Waals surface area (Å²) in [4.78, 5) is 0. The van der Waals surface area contributed by atoms with E-state index in [1.165, 1.54) is 0 Å². The molecule has 0 radical (unpaired) electrons. The summed E-state index contributed by atoms with van der Waals surface area (Å²) < 4.78 is 1.98. The van der Waals surface area contributed by atoms with Gasteiger partial charge in [0.05, 0.1) is 6.04 Å². The Bertz CT molecular complexity index is 204. The van der Waals surface area contributed by atoms with Crippen LogP contribution in [0.5, 0.6) is 0 Å². The van der Waals surface area contributed by atoms with Crippen molar-refractivity contribution in [2.45, 2.75) is 6.04 Å². The maximum Gasteiger partial charge on any atom is 0.0574 e. The van der Waals surface area contributed by atoms with Crippen LogP contribution in [0.1, 0.15) is 11.7 Å². The van der Waals surface area contributed by atoms with Crippen LogP contribution in [0.4, 0.5) is 0 Å². The number of hydrogen-bond donors (Lipinski definition) is 2. The van der Waals surface area contributed by atoms with Crippen molar-refractivity contribution in [2.75, 3.05) is 6.54 Å². The first-order valence-corrected chi connectivity index (χ1v) is 3.32. The summed E-state index contributed by atoms with van der Waals surface area (Å²) in [6.45, 7) is 0.498. The Morgan fingerprint density at radius 3 is 2.80 bits per heavy atom. The van der Waals surface area contributed by atoms with Gasteiger partial charge in [0.2, 0.25) is 0 Å². The maximum atomic E-state index is 5.69. The van der Waals surface area contributed by atoms with Crippen LogP contribution in [0, 0.1) is 0 Å². The van der Waals surface area contributed by atoms with E-state index in [9.17, 15) is 0 Å². The number of aryl methyl sites for hydroxylation is 1. The summed E-state index contributed by atoms with van der Waals surface area (Å²) >= 11 is 0. The van der Waals surface area contributed by atoms with Crippen molar-refractivity contribution >= 4 is 0 Å². The lowest BCUT2D eigenvalue weighted by molar-refractivity contribution is 0.668. The second kappa shape index (κ2) is 2.86. The molecule has 0 aliphatic heterocycles. The van der Waals surface area contributed by atoms with E-state index in [2.05, 4.69) is 0 Å². The molecule has 1 aromatic rings. The molecule has 1 aromatic heterocycles. The summed E-state index contributed by atoms with van der Waals surface area (Å²) in [6, 6.07) is 3.92. The maximum absolute atomic E-state index is 5.69. The van der Waals surface area contributed by atoms with E-state index in [0.29, 0.717) is 6.54 Å². The highest BCUT2D eigenvalue weighted by atomic mass is 15.0. The average Bonchev–Trinajstić information content (AvgIpc) is 2.34. The van der Waals surface area contributed by atoms with Crippen molar-refractivity contribution < 1.29 is 0 Å². The molecule has 0 unspecified atom stereocenters. The van der Waals surface area contributed by atoms with Gasteiger partial charge in [-0.05, 0) is 12.1 Å². The molecule has 1 heterocycles. The quantitative estimate of drug-likeness (QED) is 0.605. The van der Waals surface area contributed by atoms with E-state index < -0.39 is 0 Å². The minimum atomic E-state index is -0.0278. The second-order valence-corrected chi connectivity index (χ2v) is 2.39. The normalized spacial score (nSPS) is 13.5. The molecular weight excluding hydrogens is 126 g/mol. The molecule has 0 aromatic carbocycles. The average molecular weight is 139 g/mol. The van der Waals surface area contributed by atoms with Gasteiger partial charge in [0, 0.05) is 25.5 Å². The van der Waals surface area contributed by atoms with Gasteiger partial charge in [-0.25, -0.2) is 0 Å². The van der Waals surface area contributed by atoms with Crippen LogP contribution in [-0.2, 0) is 7.05 Å². The fourth-order valence-corrected chi connectivity index (χ4v) is 0.980. The zero-order chi connectivity index (χ0) is 7.56. The van der Waals surface area contributed by atoms with Crippen LogP contribution >= 0.6 is 0 Å². The molecule has 4 N–H and O–H groups in total. The fourth-order valence-electron chi connectivity index (χ4n) is 0.980. The second-order valence-electron chi connectivity index (χ2n) is 2.39. The molecular formula is C7H13N3. The van der Waals surface area contributed by atoms with Crippen LogP contribution in [0.3, 0.4) is 0 Å². The molecule has 3 heteroatoms. The third-order valence-electron chi connectivity index (χ3n) is 1.62. The Labute approximate surface area is 60.6 Å². The Kier molecular flexibility index (Phi) is 2.09. The molecule has 0 bridgehead atoms. The lowest BCUT2D eigenvalue weighted by atomic mass is 10.2. The predicted octanol–water partition coefficient (Wildman–Crippen LogP) is -0.0164. The Morgan fingerprint density at radius 2 is 2.40 bits per heavy atom. The first-order valence-electron chi connectivity index (χ1n) is 3.32. The zero-order valence-corrected chi connectivity index (χ0v) is 6.12. The molecule has 0 aliphatic carbocycles. The van der Waals surface area contributed by atoms with Crippen molar-refractivity contribution in [1.29, 1.82) is 0 Å². The number of aromatic nitrogens is 1. The zero-order valence-electron chi connectivity index (χ0n) is 6.12. The van der Waals surface area contributed by atoms with E-state index in [-0.39, 0.29) is 6.04 Å². The molecule has 0 amide bonds. The van der Waals surface area contributed by atoms with Gasteiger partial charge < -0.3 is 16.0 Å². The summed E-state index contributed by atoms with van der Waals surface area (Å²) in [7, 11) is 1.96. The van der Waals surface area contributed by atoms with Crippen LogP contribution in [0.2, 0.25) is 0 Å². The van der Waals surface area contributed by atoms with Gasteiger partial charge in [0.1, 0.15) is 0 Å². The molecule has 3 nitrogen and oxygen atoms in total. The molecule has 1 rings (SSSR count). The van der Waals surface area contributed by atoms with Gasteiger partial charge in [0.15, 0.2) is 0 Å². The van der Waals surface area contributed by atoms with Crippen molar-refractivity contribution in [3.63, 3.8) is 0 Å². The minimum Gasteiger partial charge on any atom is -0.353 e. The smallest absolute Gasteiger partial charge is 0.0574 e. The van der Waals surface area contributed by atoms with Gasteiger partial charge >= 0.3 is 0 Å². The highest BCUT2D eigenvalue weighted by Crippen LogP contribution is 2.07. The van der Waals surface area contributed by atoms with Crippen molar-refractivity contribution in [3.8, 4) is 0 Å². The van der Waals surface area contributed by atoms with E-state index in [0.717, 1.165) is 5.69 Å². The standard InChI is InChI=1S/C7H13N3/c1-10-4-2-3-7(10)6(9)5-8/h2-4,6H,5,8-9H2,1H3/t6-/m1/s1. The number of hydrogen-bond acceptors (Lipinski definition) is 2. The molecule has 0 fully saturated rings. The lowest BCUT2D eigenvalue weighted by Gasteiger charge is -2.09. The molecule has 1 atom stereocenters. The summed E-state index contributed by atoms with van der Waals surface area (Å²) in [5, 5.41) is 0. The topological polar surface area (TPSA) is 57.0 Å². The van der Waals surface area contributed by atoms with E-state index in [1.807, 2.05) is 29.9 Å². The third-order valence-corrected chi connectivity index (χ3v) is 1.62. The molecule has 0 spiro atoms. The molecule has 0 aliphatic rings. The van der Waals surface area contributed by atoms with Gasteiger partial charge in [-0.1, -0.05) is 0 Å². The van der Waals surface area contributed by atoms with Crippen LogP contribution in [-0.4, -0.2) is 11.1 Å². The van der Waals surface area contributed by atoms with Gasteiger partial charge in [-0.3, -0.25) is 0 Å². The highest BCUT2D eigenvalue weighted by molar-refractivity contribution is 5.11. The SMILES string of the molecule is Cn1cccc1[C@H](N)CN. The first-order chi connectivity index (χ1) is 4.75. The van der Waals surface area contributed by atoms with Crippen molar-refractivity contribution in [3.05, 3.63) is 24.0 Å². The molecule has 56 valence electrons. The number of rotatable bonds is 2. The van der Waals surface area contributed by atoms with Crippen molar-refractivity contribution in [2.24, 2.45) is 18.5 Å². The Hall–Kier alpha value is -0.800. The first kappa shape index (κ1) is 7.31. The third kappa shape index (κ3) is 1.20. The molecule has 0 saturated heterocycles. The summed E-state index contributed by atoms with van der Waals surface area (Å²) in [6.07, 6.45) is 1.96. The lowest BCUT2D eigenvalue weighted by Crippen LogP contribution is -2.22.